The Morgan fingerprint density at radius 1 is 0.843 bits per heavy atom. The fourth-order valence-corrected chi connectivity index (χ4v) is 7.32. The van der Waals surface area contributed by atoms with E-state index < -0.39 is 22.8 Å². The summed E-state index contributed by atoms with van der Waals surface area (Å²) in [6.07, 6.45) is -4.62. The zero-order valence-electron chi connectivity index (χ0n) is 28.7. The molecule has 0 radical (unpaired) electrons. The number of hydrogen-bond donors (Lipinski definition) is 0. The second kappa shape index (κ2) is 14.7. The molecule has 9 nitrogen and oxygen atoms in total. The summed E-state index contributed by atoms with van der Waals surface area (Å²) in [6.45, 7) is 9.49. The average molecular weight is 747 g/mol. The van der Waals surface area contributed by atoms with Crippen molar-refractivity contribution >= 4 is 41.0 Å². The van der Waals surface area contributed by atoms with E-state index in [1.54, 1.807) is 45.9 Å². The number of nitrogens with zero attached hydrogens (tertiary/aromatic N) is 5. The van der Waals surface area contributed by atoms with Gasteiger partial charge in [-0.3, -0.25) is 19.6 Å². The Morgan fingerprint density at radius 2 is 1.43 bits per heavy atom. The number of ether oxygens (including phenoxy) is 2. The van der Waals surface area contributed by atoms with Gasteiger partial charge >= 0.3 is 12.2 Å². The van der Waals surface area contributed by atoms with Gasteiger partial charge in [-0.2, -0.15) is 13.2 Å². The van der Waals surface area contributed by atoms with Crippen molar-refractivity contribution in [1.29, 1.82) is 0 Å². The average Bonchev–Trinajstić information content (AvgIpc) is 3.36. The normalized spacial score (nSPS) is 23.0. The summed E-state index contributed by atoms with van der Waals surface area (Å²) in [4.78, 5) is 40.4. The molecule has 2 atom stereocenters. The first-order chi connectivity index (χ1) is 24.3. The zero-order valence-corrected chi connectivity index (χ0v) is 30.2. The van der Waals surface area contributed by atoms with Crippen molar-refractivity contribution in [3.8, 4) is 5.75 Å². The monoisotopic (exact) mass is 745 g/mol. The first-order valence-corrected chi connectivity index (χ1v) is 17.6. The summed E-state index contributed by atoms with van der Waals surface area (Å²) in [5.74, 6) is 0.137. The SMILES string of the molecule is CCOc1cc(C(F)(F)F)ccc1C1=N[C@@](C)(c2ccc(Cl)cc2)[C@@](C)(c2ccc(Cl)cc2)N1C(=O)N1CCN(CC(=O)N2CCOCC2)CC1. The van der Waals surface area contributed by atoms with Gasteiger partial charge < -0.3 is 19.3 Å². The summed E-state index contributed by atoms with van der Waals surface area (Å²) in [6, 6.07) is 17.2. The number of piperazine rings is 1. The Balaban J connectivity index is 1.44. The second-order valence-corrected chi connectivity index (χ2v) is 14.0. The molecule has 2 fully saturated rings. The van der Waals surface area contributed by atoms with E-state index >= 15 is 4.79 Å². The standard InChI is InChI=1S/C37H40Cl2F3N5O4/c1-4-51-31-23-27(37(40,41)42)9-14-30(31)33-43-35(2,25-5-10-28(38)11-6-25)36(3,26-7-12-29(39)13-8-26)47(33)34(49)46-17-15-44(16-18-46)24-32(48)45-19-21-50-22-20-45/h5-14,23H,4,15-22,24H2,1-3H3/t35-,36+/m0/s1. The highest BCUT2D eigenvalue weighted by atomic mass is 35.5. The highest BCUT2D eigenvalue weighted by molar-refractivity contribution is 6.30. The van der Waals surface area contributed by atoms with E-state index in [1.165, 1.54) is 6.07 Å². The van der Waals surface area contributed by atoms with E-state index in [2.05, 4.69) is 0 Å². The Bertz CT molecular complexity index is 1780. The molecule has 272 valence electrons. The molecule has 3 aromatic carbocycles. The molecule has 0 aromatic heterocycles. The van der Waals surface area contributed by atoms with Crippen molar-refractivity contribution in [3.63, 3.8) is 0 Å². The third-order valence-electron chi connectivity index (χ3n) is 10.2. The van der Waals surface area contributed by atoms with Crippen LogP contribution >= 0.6 is 23.2 Å². The largest absolute Gasteiger partial charge is 0.493 e. The van der Waals surface area contributed by atoms with Gasteiger partial charge in [0.15, 0.2) is 0 Å². The van der Waals surface area contributed by atoms with Gasteiger partial charge in [-0.15, -0.1) is 0 Å². The minimum absolute atomic E-state index is 0.0202. The molecule has 3 heterocycles. The Labute approximate surface area is 305 Å². The number of aliphatic imine (C=N–C) groups is 1. The number of rotatable bonds is 7. The fourth-order valence-electron chi connectivity index (χ4n) is 7.07. The molecule has 0 N–H and O–H groups in total. The van der Waals surface area contributed by atoms with Gasteiger partial charge in [0.25, 0.3) is 0 Å². The van der Waals surface area contributed by atoms with Crippen LogP contribution in [-0.4, -0.2) is 103 Å². The van der Waals surface area contributed by atoms with Crippen LogP contribution in [0, 0.1) is 0 Å². The third kappa shape index (κ3) is 7.16. The Hall–Kier alpha value is -3.84. The van der Waals surface area contributed by atoms with Crippen molar-refractivity contribution in [2.75, 3.05) is 65.6 Å². The highest BCUT2D eigenvalue weighted by Gasteiger charge is 2.60. The van der Waals surface area contributed by atoms with Gasteiger partial charge in [0.1, 0.15) is 22.7 Å². The van der Waals surface area contributed by atoms with Crippen LogP contribution in [0.5, 0.6) is 5.75 Å². The van der Waals surface area contributed by atoms with E-state index in [4.69, 9.17) is 37.7 Å². The lowest BCUT2D eigenvalue weighted by Gasteiger charge is -2.47. The number of carbonyl (C=O) groups is 2. The molecule has 0 bridgehead atoms. The van der Waals surface area contributed by atoms with E-state index in [1.807, 2.05) is 43.0 Å². The summed E-state index contributed by atoms with van der Waals surface area (Å²) >= 11 is 12.6. The van der Waals surface area contributed by atoms with E-state index in [0.717, 1.165) is 17.7 Å². The number of halogens is 5. The topological polar surface area (TPSA) is 77.9 Å². The number of morpholine rings is 1. The lowest BCUT2D eigenvalue weighted by atomic mass is 9.71. The van der Waals surface area contributed by atoms with Gasteiger partial charge in [0, 0.05) is 49.3 Å². The number of urea groups is 1. The van der Waals surface area contributed by atoms with E-state index in [9.17, 15) is 18.0 Å². The fraction of sp³-hybridized carbons (Fsp3) is 0.432. The number of amidine groups is 1. The van der Waals surface area contributed by atoms with Crippen LogP contribution in [0.4, 0.5) is 18.0 Å². The van der Waals surface area contributed by atoms with Crippen molar-refractivity contribution in [2.45, 2.75) is 38.0 Å². The molecule has 0 unspecified atom stereocenters. The van der Waals surface area contributed by atoms with Crippen LogP contribution in [0.2, 0.25) is 10.0 Å². The van der Waals surface area contributed by atoms with Gasteiger partial charge in [0.2, 0.25) is 5.91 Å². The maximum absolute atomic E-state index is 15.1. The predicted octanol–water partition coefficient (Wildman–Crippen LogP) is 6.90. The molecule has 6 rings (SSSR count). The molecule has 0 spiro atoms. The molecule has 2 saturated heterocycles. The lowest BCUT2D eigenvalue weighted by molar-refractivity contribution is -0.138. The number of amides is 3. The summed E-state index contributed by atoms with van der Waals surface area (Å²) in [7, 11) is 0. The quantitative estimate of drug-likeness (QED) is 0.263. The molecule has 51 heavy (non-hydrogen) atoms. The smallest absolute Gasteiger partial charge is 0.416 e. The molecule has 3 aliphatic heterocycles. The maximum Gasteiger partial charge on any atom is 0.416 e. The minimum atomic E-state index is -4.62. The van der Waals surface area contributed by atoms with Crippen molar-refractivity contribution in [1.82, 2.24) is 19.6 Å². The molecular weight excluding hydrogens is 706 g/mol. The number of benzene rings is 3. The van der Waals surface area contributed by atoms with Crippen LogP contribution in [0.25, 0.3) is 0 Å². The minimum Gasteiger partial charge on any atom is -0.493 e. The third-order valence-corrected chi connectivity index (χ3v) is 10.7. The van der Waals surface area contributed by atoms with Gasteiger partial charge in [-0.1, -0.05) is 47.5 Å². The lowest BCUT2D eigenvalue weighted by Crippen LogP contribution is -2.61. The van der Waals surface area contributed by atoms with E-state index in [-0.39, 0.29) is 42.2 Å². The van der Waals surface area contributed by atoms with Crippen molar-refractivity contribution in [2.24, 2.45) is 4.99 Å². The zero-order chi connectivity index (χ0) is 36.6. The number of alkyl halides is 3. The van der Waals surface area contributed by atoms with Crippen LogP contribution in [0.1, 0.15) is 43.0 Å². The Kier molecular flexibility index (Phi) is 10.6. The van der Waals surface area contributed by atoms with Gasteiger partial charge in [-0.05, 0) is 74.4 Å². The summed E-state index contributed by atoms with van der Waals surface area (Å²) in [5.41, 5.74) is -1.60. The molecule has 3 amide bonds. The second-order valence-electron chi connectivity index (χ2n) is 13.1. The molecule has 14 heteroatoms. The first-order valence-electron chi connectivity index (χ1n) is 16.9. The first kappa shape index (κ1) is 36.9. The van der Waals surface area contributed by atoms with Gasteiger partial charge in [0.05, 0.1) is 37.5 Å². The van der Waals surface area contributed by atoms with E-state index in [0.29, 0.717) is 68.1 Å². The van der Waals surface area contributed by atoms with Crippen molar-refractivity contribution < 1.29 is 32.2 Å². The molecule has 3 aliphatic rings. The van der Waals surface area contributed by atoms with Crippen molar-refractivity contribution in [3.05, 3.63) is 99.0 Å². The molecule has 0 aliphatic carbocycles. The summed E-state index contributed by atoms with van der Waals surface area (Å²) < 4.78 is 53.0. The molecule has 0 saturated carbocycles. The van der Waals surface area contributed by atoms with Crippen LogP contribution in [-0.2, 0) is 26.8 Å². The van der Waals surface area contributed by atoms with Crippen LogP contribution in [0.15, 0.2) is 71.7 Å². The number of carbonyl (C=O) groups excluding carboxylic acids is 2. The maximum atomic E-state index is 15.1. The van der Waals surface area contributed by atoms with Gasteiger partial charge in [-0.25, -0.2) is 4.79 Å². The summed E-state index contributed by atoms with van der Waals surface area (Å²) in [5, 5.41) is 1.01. The molecule has 3 aromatic rings. The Morgan fingerprint density at radius 3 is 2.00 bits per heavy atom. The van der Waals surface area contributed by atoms with Crippen LogP contribution < -0.4 is 4.74 Å². The molecular formula is C37H40Cl2F3N5O4. The van der Waals surface area contributed by atoms with Crippen LogP contribution in [0.3, 0.4) is 0 Å². The predicted molar refractivity (Wildman–Crippen MR) is 189 cm³/mol. The number of hydrogen-bond acceptors (Lipinski definition) is 6. The highest BCUT2D eigenvalue weighted by Crippen LogP contribution is 2.54.